The summed E-state index contributed by atoms with van der Waals surface area (Å²) >= 11 is 0. The Labute approximate surface area is 187 Å². The van der Waals surface area contributed by atoms with Gasteiger partial charge in [-0.3, -0.25) is 14.5 Å². The predicted molar refractivity (Wildman–Crippen MR) is 115 cm³/mol. The van der Waals surface area contributed by atoms with Crippen LogP contribution in [0.15, 0.2) is 24.3 Å². The highest BCUT2D eigenvalue weighted by Crippen LogP contribution is 2.38. The Kier molecular flexibility index (Phi) is 5.93. The number of nitriles is 1. The molecule has 6 unspecified atom stereocenters. The van der Waals surface area contributed by atoms with E-state index >= 15 is 0 Å². The summed E-state index contributed by atoms with van der Waals surface area (Å²) in [6, 6.07) is 7.17. The minimum Gasteiger partial charge on any atom is -0.478 e. The van der Waals surface area contributed by atoms with E-state index in [0.717, 1.165) is 5.56 Å². The molecule has 9 nitrogen and oxygen atoms in total. The second-order valence-corrected chi connectivity index (χ2v) is 9.29. The van der Waals surface area contributed by atoms with Gasteiger partial charge in [0.05, 0.1) is 29.8 Å². The third-order valence-electron chi connectivity index (χ3n) is 7.06. The fraction of sp³-hybridized carbons (Fsp3) is 0.565. The first kappa shape index (κ1) is 22.2. The third kappa shape index (κ3) is 3.85. The highest BCUT2D eigenvalue weighted by atomic mass is 16.4. The zero-order valence-electron chi connectivity index (χ0n) is 18.3. The number of nitrogens with two attached hydrogens (primary N) is 1. The molecule has 1 aromatic rings. The Morgan fingerprint density at radius 1 is 1.25 bits per heavy atom. The van der Waals surface area contributed by atoms with Crippen LogP contribution in [0.5, 0.6) is 0 Å². The molecule has 2 bridgehead atoms. The standard InChI is InChI=1S/C23H29N5O4/c1-13-7-17(9-24)27(10-13)21(29)19(25)12-26-11-18-8-20(26)22(30)28(18)14(2)15-3-5-16(6-4-15)23(31)32/h3-6,13-14,17-20H,7-8,10-12,25H2,1-2H3,(H,31,32). The summed E-state index contributed by atoms with van der Waals surface area (Å²) in [5, 5.41) is 18.4. The minimum atomic E-state index is -0.980. The zero-order chi connectivity index (χ0) is 23.2. The van der Waals surface area contributed by atoms with Gasteiger partial charge in [-0.2, -0.15) is 5.26 Å². The maximum Gasteiger partial charge on any atom is 0.335 e. The van der Waals surface area contributed by atoms with Crippen molar-refractivity contribution in [2.24, 2.45) is 11.7 Å². The molecule has 170 valence electrons. The smallest absolute Gasteiger partial charge is 0.335 e. The number of carbonyl (C=O) groups excluding carboxylic acids is 2. The van der Waals surface area contributed by atoms with Crippen molar-refractivity contribution in [1.29, 1.82) is 5.26 Å². The molecule has 0 saturated carbocycles. The van der Waals surface area contributed by atoms with Gasteiger partial charge in [0.1, 0.15) is 6.04 Å². The van der Waals surface area contributed by atoms with Crippen LogP contribution in [-0.2, 0) is 9.59 Å². The average molecular weight is 440 g/mol. The average Bonchev–Trinajstić information content (AvgIpc) is 3.44. The van der Waals surface area contributed by atoms with Gasteiger partial charge in [0.25, 0.3) is 0 Å². The Morgan fingerprint density at radius 3 is 2.53 bits per heavy atom. The number of nitrogens with zero attached hydrogens (tertiary/aromatic N) is 4. The molecule has 3 aliphatic heterocycles. The number of carboxylic acid groups (broad SMARTS) is 1. The first-order valence-electron chi connectivity index (χ1n) is 11.1. The highest BCUT2D eigenvalue weighted by molar-refractivity contribution is 5.88. The Bertz CT molecular complexity index is 958. The number of hydrogen-bond donors (Lipinski definition) is 2. The van der Waals surface area contributed by atoms with Gasteiger partial charge in [0, 0.05) is 25.7 Å². The summed E-state index contributed by atoms with van der Waals surface area (Å²) in [5.41, 5.74) is 7.33. The van der Waals surface area contributed by atoms with Crippen molar-refractivity contribution in [2.45, 2.75) is 56.9 Å². The molecule has 3 fully saturated rings. The lowest BCUT2D eigenvalue weighted by Crippen LogP contribution is -2.56. The van der Waals surface area contributed by atoms with Crippen LogP contribution in [-0.4, -0.2) is 81.4 Å². The lowest BCUT2D eigenvalue weighted by Gasteiger charge is -2.38. The fourth-order valence-electron chi connectivity index (χ4n) is 5.42. The number of fused-ring (bicyclic) bond motifs is 2. The van der Waals surface area contributed by atoms with Crippen molar-refractivity contribution < 1.29 is 19.5 Å². The number of piperazine rings is 1. The molecule has 9 heteroatoms. The molecule has 32 heavy (non-hydrogen) atoms. The molecule has 2 amide bonds. The second kappa shape index (κ2) is 8.52. The predicted octanol–water partition coefficient (Wildman–Crippen LogP) is 0.819. The zero-order valence-corrected chi connectivity index (χ0v) is 18.3. The number of hydrogen-bond acceptors (Lipinski definition) is 6. The number of benzene rings is 1. The van der Waals surface area contributed by atoms with Crippen LogP contribution in [0, 0.1) is 17.2 Å². The van der Waals surface area contributed by atoms with Crippen LogP contribution < -0.4 is 5.73 Å². The van der Waals surface area contributed by atoms with Crippen LogP contribution in [0.2, 0.25) is 0 Å². The third-order valence-corrected chi connectivity index (χ3v) is 7.06. The molecule has 3 heterocycles. The number of likely N-dealkylation sites (tertiary alicyclic amines) is 3. The van der Waals surface area contributed by atoms with Crippen molar-refractivity contribution in [3.05, 3.63) is 35.4 Å². The van der Waals surface area contributed by atoms with Gasteiger partial charge in [-0.25, -0.2) is 4.79 Å². The van der Waals surface area contributed by atoms with E-state index in [4.69, 9.17) is 10.8 Å². The van der Waals surface area contributed by atoms with Crippen molar-refractivity contribution in [3.63, 3.8) is 0 Å². The summed E-state index contributed by atoms with van der Waals surface area (Å²) in [6.07, 6.45) is 1.36. The second-order valence-electron chi connectivity index (χ2n) is 9.29. The minimum absolute atomic E-state index is 0.0143. The van der Waals surface area contributed by atoms with Gasteiger partial charge in [0.15, 0.2) is 0 Å². The molecular formula is C23H29N5O4. The topological polar surface area (TPSA) is 131 Å². The lowest BCUT2D eigenvalue weighted by molar-refractivity contribution is -0.141. The maximum absolute atomic E-state index is 13.1. The molecular weight excluding hydrogens is 410 g/mol. The molecule has 3 saturated heterocycles. The van der Waals surface area contributed by atoms with Crippen LogP contribution in [0.4, 0.5) is 0 Å². The first-order valence-corrected chi connectivity index (χ1v) is 11.1. The SMILES string of the molecule is CC1CC(C#N)N(C(=O)C(N)CN2CC3CC2C(=O)N3C(C)c2ccc(C(=O)O)cc2)C1. The summed E-state index contributed by atoms with van der Waals surface area (Å²) < 4.78 is 0. The van der Waals surface area contributed by atoms with Gasteiger partial charge in [0.2, 0.25) is 11.8 Å². The van der Waals surface area contributed by atoms with Crippen LogP contribution in [0.25, 0.3) is 0 Å². The van der Waals surface area contributed by atoms with Gasteiger partial charge < -0.3 is 20.6 Å². The largest absolute Gasteiger partial charge is 0.478 e. The fourth-order valence-corrected chi connectivity index (χ4v) is 5.42. The molecule has 0 spiro atoms. The molecule has 0 radical (unpaired) electrons. The van der Waals surface area contributed by atoms with E-state index in [1.165, 1.54) is 0 Å². The van der Waals surface area contributed by atoms with Crippen LogP contribution >= 0.6 is 0 Å². The van der Waals surface area contributed by atoms with E-state index in [0.29, 0.717) is 32.5 Å². The van der Waals surface area contributed by atoms with E-state index in [1.807, 2.05) is 23.6 Å². The van der Waals surface area contributed by atoms with Gasteiger partial charge >= 0.3 is 5.97 Å². The summed E-state index contributed by atoms with van der Waals surface area (Å²) in [6.45, 7) is 5.45. The molecule has 3 aliphatic rings. The number of carbonyl (C=O) groups is 3. The molecule has 3 N–H and O–H groups in total. The number of rotatable bonds is 6. The van der Waals surface area contributed by atoms with Crippen molar-refractivity contribution in [1.82, 2.24) is 14.7 Å². The van der Waals surface area contributed by atoms with E-state index < -0.39 is 18.1 Å². The quantitative estimate of drug-likeness (QED) is 0.671. The number of amides is 2. The summed E-state index contributed by atoms with van der Waals surface area (Å²) in [5.74, 6) is -0.911. The Balaban J connectivity index is 1.39. The van der Waals surface area contributed by atoms with E-state index in [-0.39, 0.29) is 41.4 Å². The Morgan fingerprint density at radius 2 is 1.94 bits per heavy atom. The first-order chi connectivity index (χ1) is 15.2. The van der Waals surface area contributed by atoms with Gasteiger partial charge in [-0.1, -0.05) is 19.1 Å². The normalized spacial score (nSPS) is 29.2. The molecule has 6 atom stereocenters. The van der Waals surface area contributed by atoms with E-state index in [1.54, 1.807) is 29.2 Å². The molecule has 1 aromatic carbocycles. The van der Waals surface area contributed by atoms with Crippen molar-refractivity contribution in [2.75, 3.05) is 19.6 Å². The summed E-state index contributed by atoms with van der Waals surface area (Å²) in [7, 11) is 0. The van der Waals surface area contributed by atoms with Crippen molar-refractivity contribution >= 4 is 17.8 Å². The van der Waals surface area contributed by atoms with E-state index in [2.05, 4.69) is 6.07 Å². The number of carboxylic acids is 1. The van der Waals surface area contributed by atoms with E-state index in [9.17, 15) is 19.6 Å². The lowest BCUT2D eigenvalue weighted by atomic mass is 10.0. The molecule has 0 aliphatic carbocycles. The monoisotopic (exact) mass is 439 g/mol. The molecule has 0 aromatic heterocycles. The molecule has 4 rings (SSSR count). The number of aromatic carboxylic acids is 1. The maximum atomic E-state index is 13.1. The van der Waals surface area contributed by atoms with Crippen molar-refractivity contribution in [3.8, 4) is 6.07 Å². The van der Waals surface area contributed by atoms with Gasteiger partial charge in [-0.15, -0.1) is 0 Å². The van der Waals surface area contributed by atoms with Crippen LogP contribution in [0.1, 0.15) is 48.7 Å². The van der Waals surface area contributed by atoms with Gasteiger partial charge in [-0.05, 0) is 43.4 Å². The van der Waals surface area contributed by atoms with Crippen LogP contribution in [0.3, 0.4) is 0 Å². The summed E-state index contributed by atoms with van der Waals surface area (Å²) in [4.78, 5) is 42.5. The highest BCUT2D eigenvalue weighted by Gasteiger charge is 2.51. The Hall–Kier alpha value is -2.96.